The molecule has 1 fully saturated rings. The monoisotopic (exact) mass is 208 g/mol. The lowest BCUT2D eigenvalue weighted by Gasteiger charge is -2.26. The molecule has 4 nitrogen and oxygen atoms in total. The fourth-order valence-corrected chi connectivity index (χ4v) is 1.92. The second-order valence-corrected chi connectivity index (χ2v) is 3.60. The van der Waals surface area contributed by atoms with Gasteiger partial charge in [-0.25, -0.2) is 0 Å². The van der Waals surface area contributed by atoms with E-state index >= 15 is 0 Å². The molecule has 1 aromatic carbocycles. The van der Waals surface area contributed by atoms with E-state index in [9.17, 15) is 5.11 Å². The van der Waals surface area contributed by atoms with E-state index in [0.29, 0.717) is 0 Å². The quantitative estimate of drug-likeness (QED) is 0.667. The highest BCUT2D eigenvalue weighted by Crippen LogP contribution is 2.33. The highest BCUT2D eigenvalue weighted by molar-refractivity contribution is 5.46. The molecule has 1 aromatic rings. The molecule has 15 heavy (non-hydrogen) atoms. The van der Waals surface area contributed by atoms with Crippen LogP contribution in [0.1, 0.15) is 11.6 Å². The number of benzene rings is 1. The molecule has 1 aliphatic heterocycles. The van der Waals surface area contributed by atoms with E-state index in [2.05, 4.69) is 10.6 Å². The van der Waals surface area contributed by atoms with Gasteiger partial charge >= 0.3 is 0 Å². The number of hydrogen-bond donors (Lipinski definition) is 3. The van der Waals surface area contributed by atoms with E-state index in [1.807, 2.05) is 6.07 Å². The molecule has 0 spiro atoms. The van der Waals surface area contributed by atoms with Crippen LogP contribution < -0.4 is 15.4 Å². The lowest BCUT2D eigenvalue weighted by atomic mass is 10.0. The minimum atomic E-state index is 0.120. The summed E-state index contributed by atoms with van der Waals surface area (Å²) in [6, 6.07) is 5.46. The number of hydrogen-bond acceptors (Lipinski definition) is 4. The summed E-state index contributed by atoms with van der Waals surface area (Å²) in [7, 11) is 1.62. The van der Waals surface area contributed by atoms with E-state index in [1.165, 1.54) is 0 Å². The van der Waals surface area contributed by atoms with E-state index in [0.717, 1.165) is 30.9 Å². The standard InChI is InChI=1S/C11H16N2O2/c1-15-10-4-2-3-9(14)11(10)8-7-12-5-6-13-8/h2-4,8,12-14H,5-7H2,1H3/t8-/m0/s1. The maximum atomic E-state index is 9.83. The van der Waals surface area contributed by atoms with Crippen LogP contribution in [0.5, 0.6) is 11.5 Å². The maximum Gasteiger partial charge on any atom is 0.127 e. The van der Waals surface area contributed by atoms with Gasteiger partial charge < -0.3 is 20.5 Å². The fraction of sp³-hybridized carbons (Fsp3) is 0.455. The van der Waals surface area contributed by atoms with Crippen molar-refractivity contribution in [3.8, 4) is 11.5 Å². The molecule has 0 unspecified atom stereocenters. The Hall–Kier alpha value is -1.26. The fourth-order valence-electron chi connectivity index (χ4n) is 1.92. The average Bonchev–Trinajstić information content (AvgIpc) is 2.29. The van der Waals surface area contributed by atoms with Gasteiger partial charge in [-0.3, -0.25) is 0 Å². The van der Waals surface area contributed by atoms with E-state index in [4.69, 9.17) is 4.74 Å². The van der Waals surface area contributed by atoms with E-state index in [1.54, 1.807) is 19.2 Å². The van der Waals surface area contributed by atoms with Crippen LogP contribution in [0.25, 0.3) is 0 Å². The van der Waals surface area contributed by atoms with Gasteiger partial charge in [0.05, 0.1) is 18.7 Å². The van der Waals surface area contributed by atoms with Crippen LogP contribution >= 0.6 is 0 Å². The largest absolute Gasteiger partial charge is 0.507 e. The van der Waals surface area contributed by atoms with Gasteiger partial charge in [0, 0.05) is 19.6 Å². The van der Waals surface area contributed by atoms with Crippen molar-refractivity contribution in [1.82, 2.24) is 10.6 Å². The molecule has 1 atom stereocenters. The van der Waals surface area contributed by atoms with Crippen LogP contribution in [-0.4, -0.2) is 31.9 Å². The number of piperazine rings is 1. The van der Waals surface area contributed by atoms with Gasteiger partial charge in [-0.1, -0.05) is 6.07 Å². The lowest BCUT2D eigenvalue weighted by Crippen LogP contribution is -2.42. The van der Waals surface area contributed by atoms with Gasteiger partial charge in [0.15, 0.2) is 0 Å². The minimum absolute atomic E-state index is 0.120. The second kappa shape index (κ2) is 4.51. The molecule has 0 radical (unpaired) electrons. The van der Waals surface area contributed by atoms with Gasteiger partial charge in [0.1, 0.15) is 11.5 Å². The molecule has 82 valence electrons. The molecule has 0 bridgehead atoms. The molecule has 3 N–H and O–H groups in total. The second-order valence-electron chi connectivity index (χ2n) is 3.60. The Morgan fingerprint density at radius 3 is 2.93 bits per heavy atom. The molecule has 0 amide bonds. The predicted octanol–water partition coefficient (Wildman–Crippen LogP) is 0.635. The van der Waals surface area contributed by atoms with Gasteiger partial charge in [0.25, 0.3) is 0 Å². The maximum absolute atomic E-state index is 9.83. The van der Waals surface area contributed by atoms with Gasteiger partial charge in [0.2, 0.25) is 0 Å². The molecule has 2 rings (SSSR count). The molecule has 1 heterocycles. The Kier molecular flexibility index (Phi) is 3.08. The van der Waals surface area contributed by atoms with Crippen LogP contribution in [0.2, 0.25) is 0 Å². The van der Waals surface area contributed by atoms with Crippen molar-refractivity contribution >= 4 is 0 Å². The zero-order valence-corrected chi connectivity index (χ0v) is 8.79. The Bertz CT molecular complexity index is 335. The predicted molar refractivity (Wildman–Crippen MR) is 58.3 cm³/mol. The van der Waals surface area contributed by atoms with Gasteiger partial charge in [-0.15, -0.1) is 0 Å². The molecular formula is C11H16N2O2. The number of methoxy groups -OCH3 is 1. The third-order valence-corrected chi connectivity index (χ3v) is 2.65. The average molecular weight is 208 g/mol. The Balaban J connectivity index is 2.31. The number of nitrogens with one attached hydrogen (secondary N) is 2. The topological polar surface area (TPSA) is 53.5 Å². The van der Waals surface area contributed by atoms with Crippen LogP contribution in [0.4, 0.5) is 0 Å². The number of phenols is 1. The Labute approximate surface area is 89.3 Å². The molecule has 1 saturated heterocycles. The molecule has 0 aromatic heterocycles. The minimum Gasteiger partial charge on any atom is -0.507 e. The molecule has 4 heteroatoms. The summed E-state index contributed by atoms with van der Waals surface area (Å²) in [5, 5.41) is 16.5. The van der Waals surface area contributed by atoms with Crippen molar-refractivity contribution in [2.24, 2.45) is 0 Å². The summed E-state index contributed by atoms with van der Waals surface area (Å²) in [6.45, 7) is 2.68. The first-order chi connectivity index (χ1) is 7.33. The molecular weight excluding hydrogens is 192 g/mol. The van der Waals surface area contributed by atoms with Crippen molar-refractivity contribution in [1.29, 1.82) is 0 Å². The molecule has 1 aliphatic rings. The SMILES string of the molecule is COc1cccc(O)c1[C@@H]1CNCCN1. The first kappa shape index (κ1) is 10.3. The summed E-state index contributed by atoms with van der Waals surface area (Å²) in [5.74, 6) is 1.02. The van der Waals surface area contributed by atoms with Crippen molar-refractivity contribution in [2.45, 2.75) is 6.04 Å². The number of aromatic hydroxyl groups is 1. The van der Waals surface area contributed by atoms with Crippen LogP contribution in [0.15, 0.2) is 18.2 Å². The summed E-state index contributed by atoms with van der Waals surface area (Å²) < 4.78 is 5.25. The van der Waals surface area contributed by atoms with Gasteiger partial charge in [-0.05, 0) is 12.1 Å². The van der Waals surface area contributed by atoms with Gasteiger partial charge in [-0.2, -0.15) is 0 Å². The lowest BCUT2D eigenvalue weighted by molar-refractivity contribution is 0.365. The third kappa shape index (κ3) is 2.06. The summed E-state index contributed by atoms with van der Waals surface area (Å²) in [6.07, 6.45) is 0. The summed E-state index contributed by atoms with van der Waals surface area (Å²) >= 11 is 0. The Morgan fingerprint density at radius 1 is 1.40 bits per heavy atom. The number of rotatable bonds is 2. The summed E-state index contributed by atoms with van der Waals surface area (Å²) in [5.41, 5.74) is 0.840. The highest BCUT2D eigenvalue weighted by Gasteiger charge is 2.21. The highest BCUT2D eigenvalue weighted by atomic mass is 16.5. The van der Waals surface area contributed by atoms with Crippen molar-refractivity contribution < 1.29 is 9.84 Å². The van der Waals surface area contributed by atoms with Crippen LogP contribution in [-0.2, 0) is 0 Å². The smallest absolute Gasteiger partial charge is 0.127 e. The zero-order chi connectivity index (χ0) is 10.7. The summed E-state index contributed by atoms with van der Waals surface area (Å²) in [4.78, 5) is 0. The van der Waals surface area contributed by atoms with E-state index in [-0.39, 0.29) is 11.8 Å². The van der Waals surface area contributed by atoms with Crippen LogP contribution in [0, 0.1) is 0 Å². The van der Waals surface area contributed by atoms with Crippen molar-refractivity contribution in [2.75, 3.05) is 26.7 Å². The van der Waals surface area contributed by atoms with E-state index < -0.39 is 0 Å². The van der Waals surface area contributed by atoms with Crippen molar-refractivity contribution in [3.63, 3.8) is 0 Å². The first-order valence-corrected chi connectivity index (χ1v) is 5.13. The third-order valence-electron chi connectivity index (χ3n) is 2.65. The first-order valence-electron chi connectivity index (χ1n) is 5.13. The van der Waals surface area contributed by atoms with Crippen molar-refractivity contribution in [3.05, 3.63) is 23.8 Å². The molecule has 0 saturated carbocycles. The normalized spacial score (nSPS) is 21.3. The molecule has 0 aliphatic carbocycles. The number of ether oxygens (including phenoxy) is 1. The number of phenolic OH excluding ortho intramolecular Hbond substituents is 1. The van der Waals surface area contributed by atoms with Crippen LogP contribution in [0.3, 0.4) is 0 Å². The zero-order valence-electron chi connectivity index (χ0n) is 8.79. The Morgan fingerprint density at radius 2 is 2.27 bits per heavy atom.